The predicted octanol–water partition coefficient (Wildman–Crippen LogP) is 5.36. The highest BCUT2D eigenvalue weighted by Crippen LogP contribution is 2.51. The van der Waals surface area contributed by atoms with Crippen molar-refractivity contribution in [2.75, 3.05) is 5.01 Å². The Morgan fingerprint density at radius 1 is 1.24 bits per heavy atom. The molecule has 2 aromatic carbocycles. The van der Waals surface area contributed by atoms with Gasteiger partial charge in [0.1, 0.15) is 0 Å². The van der Waals surface area contributed by atoms with Crippen LogP contribution in [0.3, 0.4) is 0 Å². The van der Waals surface area contributed by atoms with Crippen LogP contribution in [-0.4, -0.2) is 10.6 Å². The molecule has 128 valence electrons. The van der Waals surface area contributed by atoms with Crippen molar-refractivity contribution in [3.8, 4) is 0 Å². The second-order valence-electron chi connectivity index (χ2n) is 7.00. The maximum absolute atomic E-state index is 10.9. The van der Waals surface area contributed by atoms with E-state index in [0.717, 1.165) is 17.7 Å². The lowest BCUT2D eigenvalue weighted by atomic mass is 9.94. The van der Waals surface area contributed by atoms with Gasteiger partial charge >= 0.3 is 0 Å². The van der Waals surface area contributed by atoms with Crippen LogP contribution in [0.15, 0.2) is 53.6 Å². The Bertz CT molecular complexity index is 859. The smallest absolute Gasteiger partial charge is 0.258 e. The van der Waals surface area contributed by atoms with Gasteiger partial charge in [0.05, 0.1) is 16.7 Å². The molecule has 1 unspecified atom stereocenters. The molecule has 1 aliphatic carbocycles. The van der Waals surface area contributed by atoms with E-state index in [0.29, 0.717) is 5.02 Å². The van der Waals surface area contributed by atoms with E-state index in [4.69, 9.17) is 16.7 Å². The monoisotopic (exact) mass is 355 g/mol. The lowest BCUT2D eigenvalue weighted by Gasteiger charge is -2.24. The lowest BCUT2D eigenvalue weighted by Crippen LogP contribution is -2.18. The number of halogens is 1. The molecule has 2 aliphatic rings. The van der Waals surface area contributed by atoms with Crippen molar-refractivity contribution in [2.24, 2.45) is 10.5 Å². The highest BCUT2D eigenvalue weighted by atomic mass is 35.5. The molecule has 0 amide bonds. The first kappa shape index (κ1) is 16.1. The van der Waals surface area contributed by atoms with Gasteiger partial charge in [-0.05, 0) is 36.6 Å². The summed E-state index contributed by atoms with van der Waals surface area (Å²) in [6.45, 7) is 2.25. The van der Waals surface area contributed by atoms with E-state index >= 15 is 0 Å². The predicted molar refractivity (Wildman–Crippen MR) is 99.2 cm³/mol. The normalized spacial score (nSPS) is 21.1. The first-order valence-electron chi connectivity index (χ1n) is 8.33. The summed E-state index contributed by atoms with van der Waals surface area (Å²) in [5.74, 6) is 0. The highest BCUT2D eigenvalue weighted by molar-refractivity contribution is 6.30. The van der Waals surface area contributed by atoms with E-state index in [2.05, 4.69) is 6.92 Å². The fourth-order valence-corrected chi connectivity index (χ4v) is 3.47. The molecule has 0 N–H and O–H groups in total. The average molecular weight is 356 g/mol. The molecule has 4 rings (SSSR count). The Balaban J connectivity index is 1.71. The summed E-state index contributed by atoms with van der Waals surface area (Å²) in [5, 5.41) is 18.5. The topological polar surface area (TPSA) is 58.7 Å². The molecule has 0 bridgehead atoms. The minimum atomic E-state index is -0.375. The van der Waals surface area contributed by atoms with Gasteiger partial charge in [-0.3, -0.25) is 15.1 Å². The van der Waals surface area contributed by atoms with Crippen molar-refractivity contribution in [3.63, 3.8) is 0 Å². The molecule has 1 fully saturated rings. The number of benzene rings is 2. The zero-order chi connectivity index (χ0) is 17.6. The SMILES string of the molecule is CC1(C2=NN(c3cccc(Cl)c3)C(c3ccc([N+](=O)[O-])cc3)C2)CC1. The Labute approximate surface area is 151 Å². The summed E-state index contributed by atoms with van der Waals surface area (Å²) in [7, 11) is 0. The second kappa shape index (κ2) is 5.85. The van der Waals surface area contributed by atoms with Gasteiger partial charge in [0.15, 0.2) is 0 Å². The van der Waals surface area contributed by atoms with Crippen LogP contribution < -0.4 is 5.01 Å². The third kappa shape index (κ3) is 3.00. The number of nitro benzene ring substituents is 1. The van der Waals surface area contributed by atoms with Crippen LogP contribution in [0.5, 0.6) is 0 Å². The molecule has 6 heteroatoms. The number of rotatable bonds is 4. The first-order valence-corrected chi connectivity index (χ1v) is 8.71. The zero-order valence-corrected chi connectivity index (χ0v) is 14.6. The Hall–Kier alpha value is -2.40. The van der Waals surface area contributed by atoms with Crippen molar-refractivity contribution < 1.29 is 4.92 Å². The van der Waals surface area contributed by atoms with Gasteiger partial charge < -0.3 is 0 Å². The maximum Gasteiger partial charge on any atom is 0.269 e. The number of anilines is 1. The molecule has 0 radical (unpaired) electrons. The summed E-state index contributed by atoms with van der Waals surface area (Å²) in [6.07, 6.45) is 3.17. The summed E-state index contributed by atoms with van der Waals surface area (Å²) in [4.78, 5) is 10.5. The van der Waals surface area contributed by atoms with Gasteiger partial charge in [0.25, 0.3) is 5.69 Å². The Kier molecular flexibility index (Phi) is 3.76. The number of nitrogens with zero attached hydrogens (tertiary/aromatic N) is 3. The van der Waals surface area contributed by atoms with Crippen LogP contribution in [0.1, 0.15) is 37.8 Å². The largest absolute Gasteiger partial charge is 0.269 e. The van der Waals surface area contributed by atoms with Crippen LogP contribution in [0.4, 0.5) is 11.4 Å². The molecular weight excluding hydrogens is 338 g/mol. The number of non-ortho nitro benzene ring substituents is 1. The van der Waals surface area contributed by atoms with Gasteiger partial charge in [-0.1, -0.05) is 36.7 Å². The number of hydrogen-bond donors (Lipinski definition) is 0. The minimum absolute atomic E-state index is 0.0340. The van der Waals surface area contributed by atoms with Gasteiger partial charge in [-0.2, -0.15) is 5.10 Å². The van der Waals surface area contributed by atoms with E-state index in [1.807, 2.05) is 41.4 Å². The van der Waals surface area contributed by atoms with Crippen LogP contribution in [0.2, 0.25) is 5.02 Å². The standard InChI is InChI=1S/C19H18ClN3O2/c1-19(9-10-19)18-12-17(13-5-7-15(8-6-13)23(24)25)22(21-18)16-4-2-3-14(20)11-16/h2-8,11,17H,9-10,12H2,1H3. The van der Waals surface area contributed by atoms with Crippen molar-refractivity contribution in [2.45, 2.75) is 32.2 Å². The van der Waals surface area contributed by atoms with E-state index in [-0.39, 0.29) is 22.1 Å². The molecule has 0 saturated heterocycles. The fourth-order valence-electron chi connectivity index (χ4n) is 3.29. The maximum atomic E-state index is 10.9. The Morgan fingerprint density at radius 3 is 2.56 bits per heavy atom. The zero-order valence-electron chi connectivity index (χ0n) is 13.9. The minimum Gasteiger partial charge on any atom is -0.258 e. The molecule has 2 aromatic rings. The fraction of sp³-hybridized carbons (Fsp3) is 0.316. The van der Waals surface area contributed by atoms with Gasteiger partial charge in [-0.15, -0.1) is 0 Å². The van der Waals surface area contributed by atoms with Crippen molar-refractivity contribution in [1.82, 2.24) is 0 Å². The second-order valence-corrected chi connectivity index (χ2v) is 7.44. The molecule has 0 aromatic heterocycles. The molecule has 5 nitrogen and oxygen atoms in total. The van der Waals surface area contributed by atoms with E-state index in [9.17, 15) is 10.1 Å². The van der Waals surface area contributed by atoms with Crippen molar-refractivity contribution in [1.29, 1.82) is 0 Å². The highest BCUT2D eigenvalue weighted by Gasteiger charge is 2.46. The summed E-state index contributed by atoms with van der Waals surface area (Å²) >= 11 is 6.16. The molecular formula is C19H18ClN3O2. The molecule has 1 atom stereocenters. The Morgan fingerprint density at radius 2 is 1.96 bits per heavy atom. The molecule has 0 spiro atoms. The number of hydrazone groups is 1. The number of hydrogen-bond acceptors (Lipinski definition) is 4. The van der Waals surface area contributed by atoms with Crippen molar-refractivity contribution in [3.05, 3.63) is 69.2 Å². The van der Waals surface area contributed by atoms with Crippen molar-refractivity contribution >= 4 is 28.7 Å². The van der Waals surface area contributed by atoms with Gasteiger partial charge in [-0.25, -0.2) is 0 Å². The number of nitro groups is 1. The van der Waals surface area contributed by atoms with Crippen LogP contribution in [0, 0.1) is 15.5 Å². The molecule has 25 heavy (non-hydrogen) atoms. The molecule has 1 heterocycles. The quantitative estimate of drug-likeness (QED) is 0.548. The van der Waals surface area contributed by atoms with Crippen LogP contribution in [0.25, 0.3) is 0 Å². The van der Waals surface area contributed by atoms with Crippen LogP contribution in [-0.2, 0) is 0 Å². The van der Waals surface area contributed by atoms with E-state index in [1.54, 1.807) is 12.1 Å². The first-order chi connectivity index (χ1) is 12.0. The molecule has 1 saturated carbocycles. The summed E-state index contributed by atoms with van der Waals surface area (Å²) < 4.78 is 0. The summed E-state index contributed by atoms with van der Waals surface area (Å²) in [6, 6.07) is 14.5. The molecule has 1 aliphatic heterocycles. The van der Waals surface area contributed by atoms with Gasteiger partial charge in [0, 0.05) is 34.7 Å². The third-order valence-corrected chi connectivity index (χ3v) is 5.40. The summed E-state index contributed by atoms with van der Waals surface area (Å²) in [5.41, 5.74) is 3.47. The van der Waals surface area contributed by atoms with Crippen LogP contribution >= 0.6 is 11.6 Å². The van der Waals surface area contributed by atoms with Gasteiger partial charge in [0.2, 0.25) is 0 Å². The van der Waals surface area contributed by atoms with E-state index < -0.39 is 0 Å². The average Bonchev–Trinajstić information content (AvgIpc) is 3.19. The third-order valence-electron chi connectivity index (χ3n) is 5.17. The van der Waals surface area contributed by atoms with E-state index in [1.165, 1.54) is 18.6 Å². The lowest BCUT2D eigenvalue weighted by molar-refractivity contribution is -0.384.